The Morgan fingerprint density at radius 2 is 1.61 bits per heavy atom. The summed E-state index contributed by atoms with van der Waals surface area (Å²) < 4.78 is 23.1. The van der Waals surface area contributed by atoms with Crippen LogP contribution in [-0.4, -0.2) is 49.4 Å². The lowest BCUT2D eigenvalue weighted by Gasteiger charge is -2.28. The van der Waals surface area contributed by atoms with Gasteiger partial charge in [-0.2, -0.15) is 10.5 Å². The molecule has 3 aliphatic rings. The number of carbonyl (C=O) groups excluding carboxylic acids is 1. The van der Waals surface area contributed by atoms with Gasteiger partial charge in [0.05, 0.1) is 34.1 Å². The molecular weight excluding hydrogens is 555 g/mol. The first-order chi connectivity index (χ1) is 19.8. The molecule has 3 fully saturated rings. The normalized spacial score (nSPS) is 19.1. The average molecular weight is 590 g/mol. The van der Waals surface area contributed by atoms with Gasteiger partial charge >= 0.3 is 0 Å². The number of thiazole rings is 1. The summed E-state index contributed by atoms with van der Waals surface area (Å²) in [5.41, 5.74) is 3.29. The molecule has 6 rings (SSSR count). The van der Waals surface area contributed by atoms with Gasteiger partial charge in [0.15, 0.2) is 9.84 Å². The fourth-order valence-electron chi connectivity index (χ4n) is 5.13. The van der Waals surface area contributed by atoms with Gasteiger partial charge in [0.2, 0.25) is 5.91 Å². The fourth-order valence-corrected chi connectivity index (χ4v) is 7.26. The third-order valence-electron chi connectivity index (χ3n) is 7.93. The van der Waals surface area contributed by atoms with Crippen molar-refractivity contribution in [3.05, 3.63) is 60.3 Å². The van der Waals surface area contributed by atoms with Crippen molar-refractivity contribution in [2.75, 3.05) is 29.5 Å². The van der Waals surface area contributed by atoms with Crippen molar-refractivity contribution < 1.29 is 14.6 Å². The van der Waals surface area contributed by atoms with E-state index in [4.69, 9.17) is 10.5 Å². The van der Waals surface area contributed by atoms with Crippen molar-refractivity contribution >= 4 is 32.8 Å². The summed E-state index contributed by atoms with van der Waals surface area (Å²) in [5.74, 6) is 0.730. The van der Waals surface area contributed by atoms with E-state index in [0.717, 1.165) is 65.2 Å². The van der Waals surface area contributed by atoms with Crippen molar-refractivity contribution in [3.8, 4) is 33.2 Å². The molecule has 0 bridgehead atoms. The number of nitrogens with one attached hydrogen (secondary N) is 1. The molecular formula is C31H35N5O3S2. The first-order valence-electron chi connectivity index (χ1n) is 14.1. The van der Waals surface area contributed by atoms with Crippen LogP contribution in [0.3, 0.4) is 0 Å². The van der Waals surface area contributed by atoms with Gasteiger partial charge in [-0.25, -0.2) is 13.4 Å². The number of anilines is 1. The summed E-state index contributed by atoms with van der Waals surface area (Å²) >= 11 is 1.61. The van der Waals surface area contributed by atoms with Crippen molar-refractivity contribution in [1.29, 1.82) is 10.5 Å². The summed E-state index contributed by atoms with van der Waals surface area (Å²) in [6.45, 7) is 1.09. The zero-order chi connectivity index (χ0) is 28.9. The lowest BCUT2D eigenvalue weighted by Crippen LogP contribution is -2.40. The van der Waals surface area contributed by atoms with Gasteiger partial charge in [0, 0.05) is 37.9 Å². The van der Waals surface area contributed by atoms with Crippen LogP contribution in [0, 0.1) is 28.6 Å². The Bertz CT molecular complexity index is 1550. The zero-order valence-electron chi connectivity index (χ0n) is 22.9. The number of nitriles is 2. The molecule has 214 valence electrons. The Morgan fingerprint density at radius 3 is 2.20 bits per heavy atom. The largest absolute Gasteiger partial charge is 0.369 e. The molecule has 41 heavy (non-hydrogen) atoms. The number of nitrogens with zero attached hydrogens (tertiary/aromatic N) is 4. The molecule has 1 aromatic heterocycles. The Morgan fingerprint density at radius 1 is 0.976 bits per heavy atom. The van der Waals surface area contributed by atoms with E-state index in [0.29, 0.717) is 18.7 Å². The molecule has 0 spiro atoms. The van der Waals surface area contributed by atoms with Crippen molar-refractivity contribution in [2.45, 2.75) is 50.5 Å². The second-order valence-electron chi connectivity index (χ2n) is 10.9. The number of hydrogen-bond acceptors (Lipinski definition) is 8. The van der Waals surface area contributed by atoms with Crippen LogP contribution in [0.5, 0.6) is 0 Å². The van der Waals surface area contributed by atoms with Crippen LogP contribution in [0.15, 0.2) is 54.7 Å². The highest BCUT2D eigenvalue weighted by atomic mass is 32.2. The number of sulfone groups is 1. The molecule has 2 aliphatic carbocycles. The molecule has 2 heterocycles. The smallest absolute Gasteiger partial charge is 0.224 e. The van der Waals surface area contributed by atoms with Crippen LogP contribution in [0.1, 0.15) is 51.9 Å². The summed E-state index contributed by atoms with van der Waals surface area (Å²) in [6.07, 6.45) is 9.13. The van der Waals surface area contributed by atoms with E-state index in [1.807, 2.05) is 30.5 Å². The third-order valence-corrected chi connectivity index (χ3v) is 10.6. The minimum atomic E-state index is -2.87. The summed E-state index contributed by atoms with van der Waals surface area (Å²) in [6, 6.07) is 19.9. The summed E-state index contributed by atoms with van der Waals surface area (Å²) in [4.78, 5) is 19.4. The number of aromatic nitrogens is 1. The molecule has 1 amide bonds. The highest BCUT2D eigenvalue weighted by molar-refractivity contribution is 7.91. The monoisotopic (exact) mass is 589 g/mol. The average Bonchev–Trinajstić information content (AvgIpc) is 3.61. The van der Waals surface area contributed by atoms with Gasteiger partial charge in [0.1, 0.15) is 10.5 Å². The van der Waals surface area contributed by atoms with Gasteiger partial charge < -0.3 is 10.2 Å². The molecule has 8 nitrogen and oxygen atoms in total. The number of benzene rings is 2. The molecule has 1 aliphatic heterocycles. The first-order valence-corrected chi connectivity index (χ1v) is 16.7. The number of amides is 1. The molecule has 2 saturated carbocycles. The minimum Gasteiger partial charge on any atom is -0.369 e. The summed E-state index contributed by atoms with van der Waals surface area (Å²) in [5, 5.41) is 21.5. The van der Waals surface area contributed by atoms with Crippen LogP contribution in [-0.2, 0) is 14.6 Å². The fraction of sp³-hybridized carbons (Fsp3) is 0.419. The Hall–Kier alpha value is -3.73. The van der Waals surface area contributed by atoms with Gasteiger partial charge in [0.25, 0.3) is 0 Å². The molecule has 0 atom stereocenters. The maximum atomic E-state index is 11.8. The molecule has 10 heteroatoms. The van der Waals surface area contributed by atoms with Gasteiger partial charge in [-0.1, -0.05) is 43.5 Å². The molecule has 1 saturated heterocycles. The van der Waals surface area contributed by atoms with E-state index in [1.165, 1.54) is 6.42 Å². The predicted octanol–water partition coefficient (Wildman–Crippen LogP) is 5.57. The maximum Gasteiger partial charge on any atom is 0.224 e. The highest BCUT2D eigenvalue weighted by Gasteiger charge is 2.45. The quantitative estimate of drug-likeness (QED) is 0.412. The molecule has 0 radical (unpaired) electrons. The Kier molecular flexibility index (Phi) is 8.72. The first kappa shape index (κ1) is 28.8. The standard InChI is InChI=1S/C20H17N3O2S2.C11H16N2O.H2/c21-13-15-1-3-17(4-2-15)20-22-14-19(26-20)16-5-7-18(8-6-16)23-9-11-27(24,25)12-10-23;12-8-11(6-7-11)13-10(14)9-4-2-1-3-5-9;/h1-8,14H,9-12H2;9H,1-7H2,(H,13,14);1H. The van der Waals surface area contributed by atoms with Gasteiger partial charge in [-0.05, 0) is 55.5 Å². The van der Waals surface area contributed by atoms with E-state index in [9.17, 15) is 13.2 Å². The van der Waals surface area contributed by atoms with Crippen molar-refractivity contribution in [2.24, 2.45) is 5.92 Å². The topological polar surface area (TPSA) is 127 Å². The van der Waals surface area contributed by atoms with Crippen LogP contribution in [0.25, 0.3) is 21.0 Å². The Labute approximate surface area is 247 Å². The number of rotatable bonds is 5. The number of hydrogen-bond donors (Lipinski definition) is 1. The van der Waals surface area contributed by atoms with Crippen LogP contribution in [0.4, 0.5) is 5.69 Å². The SMILES string of the molecule is N#CC1(NC(=O)C2CCCCC2)CC1.N#Cc1ccc(-c2ncc(-c3ccc(N4CCS(=O)(=O)CC4)cc3)s2)cc1.[HH]. The third kappa shape index (κ3) is 7.32. The van der Waals surface area contributed by atoms with Gasteiger partial charge in [-0.15, -0.1) is 11.3 Å². The zero-order valence-corrected chi connectivity index (χ0v) is 24.5. The summed E-state index contributed by atoms with van der Waals surface area (Å²) in [7, 11) is -2.87. The predicted molar refractivity (Wildman–Crippen MR) is 163 cm³/mol. The minimum absolute atomic E-state index is 0. The van der Waals surface area contributed by atoms with Crippen LogP contribution >= 0.6 is 11.3 Å². The second-order valence-corrected chi connectivity index (χ2v) is 14.3. The lowest BCUT2D eigenvalue weighted by molar-refractivity contribution is -0.126. The Balaban J connectivity index is 0.000000228. The number of carbonyl (C=O) groups is 1. The van der Waals surface area contributed by atoms with E-state index in [-0.39, 0.29) is 24.8 Å². The maximum absolute atomic E-state index is 11.8. The van der Waals surface area contributed by atoms with E-state index >= 15 is 0 Å². The van der Waals surface area contributed by atoms with E-state index < -0.39 is 15.4 Å². The van der Waals surface area contributed by atoms with Crippen LogP contribution < -0.4 is 10.2 Å². The van der Waals surface area contributed by atoms with Crippen LogP contribution in [0.2, 0.25) is 0 Å². The van der Waals surface area contributed by atoms with E-state index in [2.05, 4.69) is 39.5 Å². The van der Waals surface area contributed by atoms with Crippen molar-refractivity contribution in [3.63, 3.8) is 0 Å². The molecule has 0 unspecified atom stereocenters. The van der Waals surface area contributed by atoms with Crippen molar-refractivity contribution in [1.82, 2.24) is 10.3 Å². The lowest BCUT2D eigenvalue weighted by atomic mass is 9.88. The van der Waals surface area contributed by atoms with Gasteiger partial charge in [-0.3, -0.25) is 4.79 Å². The second kappa shape index (κ2) is 12.4. The molecule has 1 N–H and O–H groups in total. The highest BCUT2D eigenvalue weighted by Crippen LogP contribution is 2.36. The van der Waals surface area contributed by atoms with E-state index in [1.54, 1.807) is 23.5 Å². The molecule has 3 aromatic rings. The molecule has 2 aromatic carbocycles.